The molecule has 108 valence electrons. The number of carbonyl (C=O) groups excluding carboxylic acids is 1. The van der Waals surface area contributed by atoms with E-state index in [0.717, 1.165) is 12.8 Å². The molecule has 0 aromatic heterocycles. The number of nitrogens with two attached hydrogens (primary N) is 1. The molecule has 1 rings (SSSR count). The van der Waals surface area contributed by atoms with Gasteiger partial charge in [0.05, 0.1) is 13.7 Å². The SMILES string of the molecule is COC(=O)[C@H](N)CCCCOCc1ccccc1.Cl. The van der Waals surface area contributed by atoms with Gasteiger partial charge in [-0.25, -0.2) is 0 Å². The highest BCUT2D eigenvalue weighted by Crippen LogP contribution is 2.04. The van der Waals surface area contributed by atoms with Crippen molar-refractivity contribution in [2.75, 3.05) is 13.7 Å². The maximum atomic E-state index is 11.0. The maximum Gasteiger partial charge on any atom is 0.322 e. The molecule has 1 aromatic carbocycles. The molecule has 0 radical (unpaired) electrons. The fourth-order valence-corrected chi connectivity index (χ4v) is 1.60. The second-order valence-electron chi connectivity index (χ2n) is 4.16. The highest BCUT2D eigenvalue weighted by molar-refractivity contribution is 5.85. The molecular weight excluding hydrogens is 266 g/mol. The average Bonchev–Trinajstić information content (AvgIpc) is 2.42. The lowest BCUT2D eigenvalue weighted by Gasteiger charge is -2.09. The number of unbranched alkanes of at least 4 members (excludes halogenated alkanes) is 1. The average molecular weight is 288 g/mol. The van der Waals surface area contributed by atoms with Crippen LogP contribution in [0.3, 0.4) is 0 Å². The van der Waals surface area contributed by atoms with E-state index in [1.165, 1.54) is 12.7 Å². The van der Waals surface area contributed by atoms with Crippen molar-refractivity contribution in [2.24, 2.45) is 5.73 Å². The van der Waals surface area contributed by atoms with Crippen LogP contribution in [0.1, 0.15) is 24.8 Å². The number of esters is 1. The summed E-state index contributed by atoms with van der Waals surface area (Å²) in [6.45, 7) is 1.31. The Morgan fingerprint density at radius 1 is 1.26 bits per heavy atom. The lowest BCUT2D eigenvalue weighted by molar-refractivity contribution is -0.142. The van der Waals surface area contributed by atoms with Gasteiger partial charge in [0, 0.05) is 6.61 Å². The monoisotopic (exact) mass is 287 g/mol. The van der Waals surface area contributed by atoms with Gasteiger partial charge >= 0.3 is 5.97 Å². The molecule has 0 unspecified atom stereocenters. The zero-order chi connectivity index (χ0) is 13.2. The Kier molecular flexibility index (Phi) is 10.2. The van der Waals surface area contributed by atoms with Gasteiger partial charge in [0.15, 0.2) is 0 Å². The molecule has 0 heterocycles. The molecule has 0 aliphatic heterocycles. The summed E-state index contributed by atoms with van der Waals surface area (Å²) >= 11 is 0. The molecule has 1 aromatic rings. The minimum Gasteiger partial charge on any atom is -0.468 e. The summed E-state index contributed by atoms with van der Waals surface area (Å²) in [4.78, 5) is 11.0. The first kappa shape index (κ1) is 17.9. The first-order valence-electron chi connectivity index (χ1n) is 6.19. The van der Waals surface area contributed by atoms with Crippen LogP contribution in [-0.2, 0) is 20.9 Å². The van der Waals surface area contributed by atoms with Gasteiger partial charge in [0.2, 0.25) is 0 Å². The van der Waals surface area contributed by atoms with Gasteiger partial charge in [-0.2, -0.15) is 0 Å². The lowest BCUT2D eigenvalue weighted by Crippen LogP contribution is -2.31. The van der Waals surface area contributed by atoms with Crippen molar-refractivity contribution < 1.29 is 14.3 Å². The number of benzene rings is 1. The summed E-state index contributed by atoms with van der Waals surface area (Å²) < 4.78 is 10.1. The van der Waals surface area contributed by atoms with E-state index >= 15 is 0 Å². The Bertz CT molecular complexity index is 346. The van der Waals surface area contributed by atoms with E-state index in [1.807, 2.05) is 30.3 Å². The molecular formula is C14H22ClNO3. The van der Waals surface area contributed by atoms with E-state index < -0.39 is 6.04 Å². The highest BCUT2D eigenvalue weighted by Gasteiger charge is 2.12. The van der Waals surface area contributed by atoms with Gasteiger partial charge in [-0.1, -0.05) is 30.3 Å². The van der Waals surface area contributed by atoms with Crippen molar-refractivity contribution in [1.82, 2.24) is 0 Å². The third-order valence-electron chi connectivity index (χ3n) is 2.67. The predicted molar refractivity (Wildman–Crippen MR) is 77.2 cm³/mol. The van der Waals surface area contributed by atoms with Gasteiger partial charge < -0.3 is 15.2 Å². The topological polar surface area (TPSA) is 61.5 Å². The van der Waals surface area contributed by atoms with Gasteiger partial charge in [0.25, 0.3) is 0 Å². The van der Waals surface area contributed by atoms with Crippen molar-refractivity contribution in [3.63, 3.8) is 0 Å². The molecule has 0 amide bonds. The molecule has 0 aliphatic carbocycles. The normalized spacial score (nSPS) is 11.5. The van der Waals surface area contributed by atoms with Crippen LogP contribution in [0.5, 0.6) is 0 Å². The lowest BCUT2D eigenvalue weighted by atomic mass is 10.1. The van der Waals surface area contributed by atoms with Gasteiger partial charge in [-0.3, -0.25) is 4.79 Å². The third kappa shape index (κ3) is 7.82. The Morgan fingerprint density at radius 3 is 2.58 bits per heavy atom. The Labute approximate surface area is 120 Å². The van der Waals surface area contributed by atoms with E-state index in [0.29, 0.717) is 19.6 Å². The Morgan fingerprint density at radius 2 is 1.95 bits per heavy atom. The summed E-state index contributed by atoms with van der Waals surface area (Å²) in [5, 5.41) is 0. The zero-order valence-corrected chi connectivity index (χ0v) is 12.0. The zero-order valence-electron chi connectivity index (χ0n) is 11.2. The van der Waals surface area contributed by atoms with Crippen LogP contribution < -0.4 is 5.73 Å². The fourth-order valence-electron chi connectivity index (χ4n) is 1.60. The molecule has 0 saturated carbocycles. The summed E-state index contributed by atoms with van der Waals surface area (Å²) in [7, 11) is 1.35. The standard InChI is InChI=1S/C14H21NO3.ClH/c1-17-14(16)13(15)9-5-6-10-18-11-12-7-3-2-4-8-12;/h2-4,7-8,13H,5-6,9-11,15H2,1H3;1H/t13-;/m1./s1. The number of halogens is 1. The maximum absolute atomic E-state index is 11.0. The number of rotatable bonds is 8. The van der Waals surface area contributed by atoms with E-state index in [9.17, 15) is 4.79 Å². The van der Waals surface area contributed by atoms with Crippen LogP contribution >= 0.6 is 12.4 Å². The molecule has 0 saturated heterocycles. The number of hydrogen-bond acceptors (Lipinski definition) is 4. The van der Waals surface area contributed by atoms with Crippen LogP contribution in [0.15, 0.2) is 30.3 Å². The molecule has 5 heteroatoms. The van der Waals surface area contributed by atoms with E-state index in [-0.39, 0.29) is 18.4 Å². The molecule has 1 atom stereocenters. The largest absolute Gasteiger partial charge is 0.468 e. The van der Waals surface area contributed by atoms with Gasteiger partial charge in [0.1, 0.15) is 6.04 Å². The fraction of sp³-hybridized carbons (Fsp3) is 0.500. The summed E-state index contributed by atoms with van der Waals surface area (Å²) in [6.07, 6.45) is 2.41. The molecule has 0 spiro atoms. The van der Waals surface area contributed by atoms with E-state index in [1.54, 1.807) is 0 Å². The van der Waals surface area contributed by atoms with Crippen LogP contribution in [0.25, 0.3) is 0 Å². The molecule has 0 aliphatic rings. The first-order chi connectivity index (χ1) is 8.74. The van der Waals surface area contributed by atoms with Crippen LogP contribution in [0, 0.1) is 0 Å². The van der Waals surface area contributed by atoms with Crippen molar-refractivity contribution >= 4 is 18.4 Å². The number of carbonyl (C=O) groups is 1. The van der Waals surface area contributed by atoms with Crippen LogP contribution in [0.4, 0.5) is 0 Å². The van der Waals surface area contributed by atoms with E-state index in [4.69, 9.17) is 10.5 Å². The molecule has 0 fully saturated rings. The quantitative estimate of drug-likeness (QED) is 0.589. The number of ether oxygens (including phenoxy) is 2. The third-order valence-corrected chi connectivity index (χ3v) is 2.67. The van der Waals surface area contributed by atoms with Crippen molar-refractivity contribution in [2.45, 2.75) is 31.9 Å². The van der Waals surface area contributed by atoms with Crippen LogP contribution in [-0.4, -0.2) is 25.7 Å². The summed E-state index contributed by atoms with van der Waals surface area (Å²) in [6, 6.07) is 9.53. The first-order valence-corrected chi connectivity index (χ1v) is 6.19. The Hall–Kier alpha value is -1.10. The summed E-state index contributed by atoms with van der Waals surface area (Å²) in [5.41, 5.74) is 6.79. The smallest absolute Gasteiger partial charge is 0.322 e. The molecule has 0 bridgehead atoms. The van der Waals surface area contributed by atoms with E-state index in [2.05, 4.69) is 4.74 Å². The summed E-state index contributed by atoms with van der Waals surface area (Å²) in [5.74, 6) is -0.347. The number of hydrogen-bond donors (Lipinski definition) is 1. The van der Waals surface area contributed by atoms with Crippen molar-refractivity contribution in [3.05, 3.63) is 35.9 Å². The van der Waals surface area contributed by atoms with Crippen LogP contribution in [0.2, 0.25) is 0 Å². The Balaban J connectivity index is 0.00000324. The van der Waals surface area contributed by atoms with Crippen molar-refractivity contribution in [1.29, 1.82) is 0 Å². The number of methoxy groups -OCH3 is 1. The van der Waals surface area contributed by atoms with Gasteiger partial charge in [-0.05, 0) is 24.8 Å². The molecule has 19 heavy (non-hydrogen) atoms. The second-order valence-corrected chi connectivity index (χ2v) is 4.16. The minimum atomic E-state index is -0.510. The predicted octanol–water partition coefficient (Wildman–Crippen LogP) is 2.30. The van der Waals surface area contributed by atoms with Gasteiger partial charge in [-0.15, -0.1) is 12.4 Å². The second kappa shape index (κ2) is 10.8. The molecule has 2 N–H and O–H groups in total. The highest BCUT2D eigenvalue weighted by atomic mass is 35.5. The molecule has 4 nitrogen and oxygen atoms in total. The van der Waals surface area contributed by atoms with Crippen molar-refractivity contribution in [3.8, 4) is 0 Å². The minimum absolute atomic E-state index is 0.